The van der Waals surface area contributed by atoms with Crippen molar-refractivity contribution >= 4 is 23.2 Å². The molecule has 5 rings (SSSR count). The molecule has 32 heavy (non-hydrogen) atoms. The van der Waals surface area contributed by atoms with E-state index in [9.17, 15) is 9.59 Å². The molecule has 2 aromatic rings. The van der Waals surface area contributed by atoms with E-state index in [2.05, 4.69) is 39.4 Å². The number of carbonyl (C=O) groups excluding carboxylic acids is 2. The normalized spacial score (nSPS) is 21.9. The molecule has 2 aliphatic heterocycles. The molecular weight excluding hydrogens is 398 g/mol. The van der Waals surface area contributed by atoms with Gasteiger partial charge in [0.15, 0.2) is 0 Å². The minimum absolute atomic E-state index is 0. The summed E-state index contributed by atoms with van der Waals surface area (Å²) in [6.07, 6.45) is 9.25. The summed E-state index contributed by atoms with van der Waals surface area (Å²) in [6, 6.07) is 16.6. The number of carbonyl (C=O) groups is 2. The van der Waals surface area contributed by atoms with Crippen molar-refractivity contribution in [2.75, 3.05) is 29.9 Å². The van der Waals surface area contributed by atoms with Crippen molar-refractivity contribution in [1.82, 2.24) is 4.90 Å². The first kappa shape index (κ1) is 21.0. The largest absolute Gasteiger partial charge is 0.369 e. The maximum atomic E-state index is 12.7. The van der Waals surface area contributed by atoms with Crippen LogP contribution in [-0.2, 0) is 4.79 Å². The zero-order chi connectivity index (χ0) is 21.9. The van der Waals surface area contributed by atoms with Crippen LogP contribution in [0.1, 0.15) is 74.6 Å². The molecule has 2 amide bonds. The van der Waals surface area contributed by atoms with Gasteiger partial charge in [0.2, 0.25) is 5.91 Å². The van der Waals surface area contributed by atoms with Crippen LogP contribution in [-0.4, -0.2) is 42.4 Å². The molecule has 1 N–H and O–H groups in total. The highest BCUT2D eigenvalue weighted by molar-refractivity contribution is 6.04. The Morgan fingerprint density at radius 3 is 2.31 bits per heavy atom. The number of hydrogen-bond acceptors (Lipinski definition) is 3. The highest BCUT2D eigenvalue weighted by Crippen LogP contribution is 2.32. The lowest BCUT2D eigenvalue weighted by Gasteiger charge is -2.25. The van der Waals surface area contributed by atoms with Gasteiger partial charge < -0.3 is 15.1 Å². The second-order valence-electron chi connectivity index (χ2n) is 9.54. The summed E-state index contributed by atoms with van der Waals surface area (Å²) in [4.78, 5) is 29.1. The van der Waals surface area contributed by atoms with Gasteiger partial charge in [-0.15, -0.1) is 0 Å². The van der Waals surface area contributed by atoms with Crippen molar-refractivity contribution in [3.63, 3.8) is 0 Å². The third kappa shape index (κ3) is 4.52. The molecule has 1 unspecified atom stereocenters. The molecule has 1 saturated carbocycles. The molecule has 5 heteroatoms. The van der Waals surface area contributed by atoms with E-state index in [-0.39, 0.29) is 7.33 Å². The van der Waals surface area contributed by atoms with E-state index < -0.39 is 0 Å². The van der Waals surface area contributed by atoms with E-state index in [1.54, 1.807) is 0 Å². The Morgan fingerprint density at radius 1 is 0.875 bits per heavy atom. The zero-order valence-electron chi connectivity index (χ0n) is 18.8. The quantitative estimate of drug-likeness (QED) is 0.684. The summed E-state index contributed by atoms with van der Waals surface area (Å²) in [5.41, 5.74) is 4.02. The smallest absolute Gasteiger partial charge is 0.255 e. The molecule has 2 aromatic carbocycles. The third-order valence-corrected chi connectivity index (χ3v) is 7.45. The minimum atomic E-state index is -0.0678. The van der Waals surface area contributed by atoms with Gasteiger partial charge in [-0.2, -0.15) is 0 Å². The summed E-state index contributed by atoms with van der Waals surface area (Å²) in [7, 11) is 0. The molecule has 0 bridgehead atoms. The highest BCUT2D eigenvalue weighted by Gasteiger charge is 2.33. The minimum Gasteiger partial charge on any atom is -0.369 e. The van der Waals surface area contributed by atoms with Crippen LogP contribution in [0.25, 0.3) is 0 Å². The molecular formula is C27H35N3O2. The van der Waals surface area contributed by atoms with E-state index in [0.29, 0.717) is 29.9 Å². The maximum Gasteiger partial charge on any atom is 0.255 e. The fraction of sp³-hybridized carbons (Fsp3) is 0.481. The van der Waals surface area contributed by atoms with E-state index in [1.165, 1.54) is 37.7 Å². The molecule has 2 saturated heterocycles. The number of rotatable bonds is 5. The van der Waals surface area contributed by atoms with Crippen LogP contribution in [0.2, 0.25) is 0 Å². The van der Waals surface area contributed by atoms with Gasteiger partial charge in [-0.1, -0.05) is 31.4 Å². The van der Waals surface area contributed by atoms with E-state index in [4.69, 9.17) is 0 Å². The molecule has 1 aliphatic carbocycles. The summed E-state index contributed by atoms with van der Waals surface area (Å²) in [6.45, 7) is 2.77. The van der Waals surface area contributed by atoms with Crippen molar-refractivity contribution < 1.29 is 11.0 Å². The van der Waals surface area contributed by atoms with Gasteiger partial charge in [0.1, 0.15) is 0 Å². The van der Waals surface area contributed by atoms with Crippen molar-refractivity contribution in [2.24, 2.45) is 0 Å². The van der Waals surface area contributed by atoms with E-state index in [1.807, 2.05) is 24.3 Å². The summed E-state index contributed by atoms with van der Waals surface area (Å²) in [5.74, 6) is 0.894. The predicted octanol–water partition coefficient (Wildman–Crippen LogP) is 5.43. The number of anilines is 2. The molecule has 0 spiro atoms. The first-order valence-electron chi connectivity index (χ1n) is 12.2. The SMILES string of the molecule is O=C(Nc1ccc(N2CCC(N3CCCC3=O)C2)cc1)c1ccc(C2CCCCC2)cc1.[HH]. The lowest BCUT2D eigenvalue weighted by Crippen LogP contribution is -2.38. The number of hydrogen-bond donors (Lipinski definition) is 1. The Balaban J connectivity index is 0.00000259. The Kier molecular flexibility index (Phi) is 6.15. The van der Waals surface area contributed by atoms with Gasteiger partial charge in [-0.3, -0.25) is 9.59 Å². The van der Waals surface area contributed by atoms with Crippen LogP contribution in [0.4, 0.5) is 11.4 Å². The third-order valence-electron chi connectivity index (χ3n) is 7.45. The highest BCUT2D eigenvalue weighted by atomic mass is 16.2. The first-order valence-corrected chi connectivity index (χ1v) is 12.2. The van der Waals surface area contributed by atoms with Gasteiger partial charge in [0, 0.05) is 44.4 Å². The fourth-order valence-electron chi connectivity index (χ4n) is 5.59. The van der Waals surface area contributed by atoms with E-state index in [0.717, 1.165) is 43.9 Å². The van der Waals surface area contributed by atoms with Gasteiger partial charge in [-0.25, -0.2) is 0 Å². The van der Waals surface area contributed by atoms with Crippen LogP contribution in [0.3, 0.4) is 0 Å². The van der Waals surface area contributed by atoms with Crippen molar-refractivity contribution in [3.8, 4) is 0 Å². The molecule has 170 valence electrons. The fourth-order valence-corrected chi connectivity index (χ4v) is 5.59. The van der Waals surface area contributed by atoms with Gasteiger partial charge in [0.05, 0.1) is 6.04 Å². The number of benzene rings is 2. The number of likely N-dealkylation sites (tertiary alicyclic amines) is 1. The van der Waals surface area contributed by atoms with Crippen LogP contribution in [0.5, 0.6) is 0 Å². The standard InChI is InChI=1S/C27H33N3O2.H2/c31-26-7-4-17-30(26)25-16-18-29(19-25)24-14-12-23(13-15-24)28-27(32)22-10-8-21(9-11-22)20-5-2-1-3-6-20;/h8-15,20,25H,1-7,16-19H2,(H,28,32);1H. The lowest BCUT2D eigenvalue weighted by atomic mass is 9.84. The average Bonchev–Trinajstić information content (AvgIpc) is 3.49. The monoisotopic (exact) mass is 433 g/mol. The molecule has 3 aliphatic rings. The lowest BCUT2D eigenvalue weighted by molar-refractivity contribution is -0.129. The first-order chi connectivity index (χ1) is 15.7. The number of nitrogens with one attached hydrogen (secondary N) is 1. The average molecular weight is 434 g/mol. The molecule has 0 radical (unpaired) electrons. The summed E-state index contributed by atoms with van der Waals surface area (Å²) < 4.78 is 0. The van der Waals surface area contributed by atoms with Crippen LogP contribution >= 0.6 is 0 Å². The van der Waals surface area contributed by atoms with Crippen LogP contribution < -0.4 is 10.2 Å². The molecule has 0 aromatic heterocycles. The van der Waals surface area contributed by atoms with Crippen molar-refractivity contribution in [1.29, 1.82) is 0 Å². The number of nitrogens with zero attached hydrogens (tertiary/aromatic N) is 2. The number of amides is 2. The molecule has 3 fully saturated rings. The van der Waals surface area contributed by atoms with Crippen molar-refractivity contribution in [2.45, 2.75) is 63.3 Å². The Labute approximate surface area is 192 Å². The molecule has 5 nitrogen and oxygen atoms in total. The van der Waals surface area contributed by atoms with Gasteiger partial charge in [0.25, 0.3) is 5.91 Å². The summed E-state index contributed by atoms with van der Waals surface area (Å²) >= 11 is 0. The Bertz CT molecular complexity index is 954. The van der Waals surface area contributed by atoms with Gasteiger partial charge >= 0.3 is 0 Å². The maximum absolute atomic E-state index is 12.7. The Hall–Kier alpha value is -2.82. The van der Waals surface area contributed by atoms with E-state index >= 15 is 0 Å². The topological polar surface area (TPSA) is 52.7 Å². The van der Waals surface area contributed by atoms with Crippen LogP contribution in [0, 0.1) is 0 Å². The van der Waals surface area contributed by atoms with Gasteiger partial charge in [-0.05, 0) is 73.6 Å². The predicted molar refractivity (Wildman–Crippen MR) is 130 cm³/mol. The van der Waals surface area contributed by atoms with Crippen LogP contribution in [0.15, 0.2) is 48.5 Å². The summed E-state index contributed by atoms with van der Waals surface area (Å²) in [5, 5.41) is 3.02. The van der Waals surface area contributed by atoms with Crippen molar-refractivity contribution in [3.05, 3.63) is 59.7 Å². The second kappa shape index (κ2) is 9.35. The molecule has 2 heterocycles. The zero-order valence-corrected chi connectivity index (χ0v) is 18.8. The molecule has 1 atom stereocenters. The Morgan fingerprint density at radius 2 is 1.62 bits per heavy atom. The second-order valence-corrected chi connectivity index (χ2v) is 9.54.